The monoisotopic (exact) mass is 446 g/mol. The zero-order chi connectivity index (χ0) is 23.2. The zero-order valence-corrected chi connectivity index (χ0v) is 19.4. The van der Waals surface area contributed by atoms with E-state index >= 15 is 0 Å². The summed E-state index contributed by atoms with van der Waals surface area (Å²) in [6.45, 7) is 5.41. The Bertz CT molecular complexity index is 1160. The number of anilines is 2. The summed E-state index contributed by atoms with van der Waals surface area (Å²) >= 11 is 0. The van der Waals surface area contributed by atoms with E-state index in [0.29, 0.717) is 37.0 Å². The third-order valence-corrected chi connectivity index (χ3v) is 5.77. The van der Waals surface area contributed by atoms with Gasteiger partial charge in [-0.3, -0.25) is 9.69 Å². The summed E-state index contributed by atoms with van der Waals surface area (Å²) in [5.74, 6) is 1.93. The van der Waals surface area contributed by atoms with Gasteiger partial charge in [-0.25, -0.2) is 19.9 Å². The number of hydrogen-bond acceptors (Lipinski definition) is 7. The largest absolute Gasteiger partial charge is 0.385 e. The lowest BCUT2D eigenvalue weighted by Crippen LogP contribution is -2.26. The van der Waals surface area contributed by atoms with E-state index in [9.17, 15) is 4.79 Å². The van der Waals surface area contributed by atoms with Crippen molar-refractivity contribution in [3.05, 3.63) is 47.5 Å². The van der Waals surface area contributed by atoms with Gasteiger partial charge in [0.05, 0.1) is 22.4 Å². The Labute approximate surface area is 194 Å². The Kier molecular flexibility index (Phi) is 7.24. The van der Waals surface area contributed by atoms with E-state index in [1.54, 1.807) is 12.0 Å². The van der Waals surface area contributed by atoms with Gasteiger partial charge in [0.2, 0.25) is 5.91 Å². The first-order valence-electron chi connectivity index (χ1n) is 11.4. The first kappa shape index (κ1) is 22.8. The van der Waals surface area contributed by atoms with E-state index in [0.717, 1.165) is 41.7 Å². The zero-order valence-electron chi connectivity index (χ0n) is 19.4. The van der Waals surface area contributed by atoms with Crippen LogP contribution in [0, 0.1) is 6.92 Å². The number of hydrogen-bond donors (Lipinski definition) is 1. The van der Waals surface area contributed by atoms with Crippen LogP contribution in [0.4, 0.5) is 11.6 Å². The third kappa shape index (κ3) is 5.51. The molecule has 3 aromatic rings. The van der Waals surface area contributed by atoms with Crippen molar-refractivity contribution < 1.29 is 9.53 Å². The molecular weight excluding hydrogens is 416 g/mol. The molecule has 0 radical (unpaired) electrons. The predicted molar refractivity (Wildman–Crippen MR) is 131 cm³/mol. The summed E-state index contributed by atoms with van der Waals surface area (Å²) in [6.07, 6.45) is 6.90. The van der Waals surface area contributed by atoms with Gasteiger partial charge in [-0.1, -0.05) is 19.1 Å². The van der Waals surface area contributed by atoms with E-state index < -0.39 is 0 Å². The number of rotatable bonds is 9. The number of amides is 1. The Morgan fingerprint density at radius 2 is 1.94 bits per heavy atom. The molecule has 8 nitrogen and oxygen atoms in total. The first-order chi connectivity index (χ1) is 16.1. The van der Waals surface area contributed by atoms with Crippen LogP contribution in [-0.4, -0.2) is 52.1 Å². The van der Waals surface area contributed by atoms with E-state index in [2.05, 4.69) is 22.2 Å². The molecule has 0 aliphatic carbocycles. The third-order valence-electron chi connectivity index (χ3n) is 5.77. The van der Waals surface area contributed by atoms with Crippen LogP contribution in [0.1, 0.15) is 49.8 Å². The van der Waals surface area contributed by atoms with Crippen LogP contribution < -0.4 is 10.2 Å². The highest BCUT2D eigenvalue weighted by Crippen LogP contribution is 2.23. The number of methoxy groups -OCH3 is 1. The fourth-order valence-corrected chi connectivity index (χ4v) is 3.89. The molecule has 1 fully saturated rings. The van der Waals surface area contributed by atoms with Gasteiger partial charge in [-0.2, -0.15) is 0 Å². The number of carbonyl (C=O) groups is 1. The molecule has 1 aromatic carbocycles. The molecule has 1 aliphatic rings. The fourth-order valence-electron chi connectivity index (χ4n) is 3.89. The molecule has 0 saturated carbocycles. The van der Waals surface area contributed by atoms with Crippen LogP contribution in [0.15, 0.2) is 30.3 Å². The molecule has 1 atom stereocenters. The maximum absolute atomic E-state index is 12.4. The molecule has 33 heavy (non-hydrogen) atoms. The molecule has 172 valence electrons. The highest BCUT2D eigenvalue weighted by atomic mass is 16.5. The molecule has 0 spiro atoms. The van der Waals surface area contributed by atoms with Crippen molar-refractivity contribution >= 4 is 40.7 Å². The van der Waals surface area contributed by atoms with Crippen molar-refractivity contribution in [3.63, 3.8) is 0 Å². The van der Waals surface area contributed by atoms with Gasteiger partial charge < -0.3 is 10.1 Å². The normalized spacial score (nSPS) is 15.0. The maximum Gasteiger partial charge on any atom is 0.228 e. The van der Waals surface area contributed by atoms with E-state index in [1.807, 2.05) is 49.4 Å². The Morgan fingerprint density at radius 3 is 2.64 bits per heavy atom. The van der Waals surface area contributed by atoms with Gasteiger partial charge in [0.1, 0.15) is 11.6 Å². The summed E-state index contributed by atoms with van der Waals surface area (Å²) in [5, 5.41) is 3.49. The van der Waals surface area contributed by atoms with Crippen LogP contribution in [0.5, 0.6) is 0 Å². The van der Waals surface area contributed by atoms with Crippen LogP contribution in [0.25, 0.3) is 23.2 Å². The number of carbonyl (C=O) groups excluding carboxylic acids is 1. The highest BCUT2D eigenvalue weighted by molar-refractivity contribution is 5.94. The number of para-hydroxylation sites is 2. The molecule has 0 bridgehead atoms. The lowest BCUT2D eigenvalue weighted by atomic mass is 10.1. The minimum Gasteiger partial charge on any atom is -0.385 e. The number of benzene rings is 1. The molecule has 1 saturated heterocycles. The SMILES string of the molecule is CCC(CCOC)Nc1cc(N2CCCC2=O)nc(/C=C/c2nc3ccccc3nc2C)n1. The molecule has 1 aliphatic heterocycles. The fraction of sp³-hybridized carbons (Fsp3) is 0.400. The van der Waals surface area contributed by atoms with Crippen molar-refractivity contribution in [1.29, 1.82) is 0 Å². The summed E-state index contributed by atoms with van der Waals surface area (Å²) in [6, 6.07) is 9.88. The summed E-state index contributed by atoms with van der Waals surface area (Å²) < 4.78 is 5.23. The standard InChI is InChI=1S/C25H30N6O2/c1-4-18(13-15-33-3)27-23-16-24(31-14-7-10-25(31)32)30-22(29-23)12-11-19-17(2)26-20-8-5-6-9-21(20)28-19/h5-6,8-9,11-12,16,18H,4,7,10,13-15H2,1-3H3,(H,27,29,30)/b12-11+. The number of ether oxygens (including phenoxy) is 1. The lowest BCUT2D eigenvalue weighted by molar-refractivity contribution is -0.117. The highest BCUT2D eigenvalue weighted by Gasteiger charge is 2.24. The molecule has 1 amide bonds. The summed E-state index contributed by atoms with van der Waals surface area (Å²) in [5.41, 5.74) is 3.30. The van der Waals surface area contributed by atoms with Gasteiger partial charge in [0.25, 0.3) is 0 Å². The smallest absolute Gasteiger partial charge is 0.228 e. The molecule has 1 unspecified atom stereocenters. The second-order valence-electron chi connectivity index (χ2n) is 8.17. The maximum atomic E-state index is 12.4. The number of fused-ring (bicyclic) bond motifs is 1. The Balaban J connectivity index is 1.66. The molecule has 8 heteroatoms. The predicted octanol–water partition coefficient (Wildman–Crippen LogP) is 4.25. The van der Waals surface area contributed by atoms with E-state index in [4.69, 9.17) is 14.7 Å². The van der Waals surface area contributed by atoms with Crippen LogP contribution in [0.3, 0.4) is 0 Å². The summed E-state index contributed by atoms with van der Waals surface area (Å²) in [7, 11) is 1.70. The minimum absolute atomic E-state index is 0.0947. The van der Waals surface area contributed by atoms with E-state index in [-0.39, 0.29) is 11.9 Å². The molecule has 3 heterocycles. The first-order valence-corrected chi connectivity index (χ1v) is 11.4. The lowest BCUT2D eigenvalue weighted by Gasteiger charge is -2.20. The molecular formula is C25H30N6O2. The van der Waals surface area contributed by atoms with Crippen molar-refractivity contribution in [2.45, 2.75) is 45.6 Å². The molecule has 4 rings (SSSR count). The van der Waals surface area contributed by atoms with Crippen LogP contribution >= 0.6 is 0 Å². The second kappa shape index (κ2) is 10.5. The van der Waals surface area contributed by atoms with Gasteiger partial charge in [0, 0.05) is 38.8 Å². The minimum atomic E-state index is 0.0947. The van der Waals surface area contributed by atoms with Crippen molar-refractivity contribution in [2.24, 2.45) is 0 Å². The Morgan fingerprint density at radius 1 is 1.15 bits per heavy atom. The molecule has 2 aromatic heterocycles. The van der Waals surface area contributed by atoms with Crippen LogP contribution in [-0.2, 0) is 9.53 Å². The van der Waals surface area contributed by atoms with Gasteiger partial charge in [-0.15, -0.1) is 0 Å². The van der Waals surface area contributed by atoms with Crippen LogP contribution in [0.2, 0.25) is 0 Å². The van der Waals surface area contributed by atoms with Gasteiger partial charge in [-0.05, 0) is 50.5 Å². The average Bonchev–Trinajstić information content (AvgIpc) is 3.26. The Hall–Kier alpha value is -3.39. The van der Waals surface area contributed by atoms with Crippen molar-refractivity contribution in [2.75, 3.05) is 30.5 Å². The average molecular weight is 447 g/mol. The quantitative estimate of drug-likeness (QED) is 0.525. The number of nitrogens with zero attached hydrogens (tertiary/aromatic N) is 5. The number of aryl methyl sites for hydroxylation is 1. The summed E-state index contributed by atoms with van der Waals surface area (Å²) in [4.78, 5) is 32.8. The topological polar surface area (TPSA) is 93.1 Å². The van der Waals surface area contributed by atoms with E-state index in [1.165, 1.54) is 0 Å². The van der Waals surface area contributed by atoms with Crippen molar-refractivity contribution in [3.8, 4) is 0 Å². The van der Waals surface area contributed by atoms with Crippen molar-refractivity contribution in [1.82, 2.24) is 19.9 Å². The number of nitrogens with one attached hydrogen (secondary N) is 1. The molecule has 1 N–H and O–H groups in total. The van der Waals surface area contributed by atoms with Gasteiger partial charge >= 0.3 is 0 Å². The second-order valence-corrected chi connectivity index (χ2v) is 8.17. The van der Waals surface area contributed by atoms with Gasteiger partial charge in [0.15, 0.2) is 5.82 Å². The number of aromatic nitrogens is 4.